The van der Waals surface area contributed by atoms with Crippen molar-refractivity contribution in [1.82, 2.24) is 4.57 Å². The van der Waals surface area contributed by atoms with E-state index in [-0.39, 0.29) is 0 Å². The maximum Gasteiger partial charge on any atom is 0.256 e. The average Bonchev–Trinajstić information content (AvgIpc) is 3.33. The zero-order chi connectivity index (χ0) is 28.1. The maximum atomic E-state index is 2.62. The lowest BCUT2D eigenvalue weighted by Crippen LogP contribution is -2.37. The summed E-state index contributed by atoms with van der Waals surface area (Å²) in [6.45, 7) is 9.39. The summed E-state index contributed by atoms with van der Waals surface area (Å²) in [6.07, 6.45) is 45.9. The largest absolute Gasteiger partial charge is 0.256 e. The Morgan fingerprint density at radius 2 is 0.795 bits per heavy atom. The summed E-state index contributed by atoms with van der Waals surface area (Å²) in [7, 11) is 0. The number of unbranched alkanes of at least 4 members (excludes halogenated alkanes) is 25. The van der Waals surface area contributed by atoms with Crippen LogP contribution in [0.4, 0.5) is 0 Å². The van der Waals surface area contributed by atoms with E-state index in [0.717, 1.165) is 0 Å². The molecule has 0 aliphatic heterocycles. The smallest absolute Gasteiger partial charge is 0.234 e. The fraction of sp³-hybridized carbons (Fsp3) is 0.919. The van der Waals surface area contributed by atoms with Crippen LogP contribution in [0.2, 0.25) is 0 Å². The first-order chi connectivity index (χ1) is 19.3. The quantitative estimate of drug-likeness (QED) is 0.0648. The lowest BCUT2D eigenvalue weighted by Gasteiger charge is -2.07. The zero-order valence-corrected chi connectivity index (χ0v) is 27.5. The summed E-state index contributed by atoms with van der Waals surface area (Å²) < 4.78 is 5.24. The highest BCUT2D eigenvalue weighted by Crippen LogP contribution is 2.15. The fourth-order valence-electron chi connectivity index (χ4n) is 6.15. The average molecular weight is 546 g/mol. The Morgan fingerprint density at radius 1 is 0.436 bits per heavy atom. The lowest BCUT2D eigenvalue weighted by atomic mass is 10.0. The molecule has 0 saturated heterocycles. The first kappa shape index (κ1) is 36.2. The summed E-state index contributed by atoms with van der Waals surface area (Å²) in [6, 6.07) is 0. The second kappa shape index (κ2) is 28.7. The van der Waals surface area contributed by atoms with Gasteiger partial charge in [0.15, 0.2) is 0 Å². The van der Waals surface area contributed by atoms with Gasteiger partial charge in [-0.1, -0.05) is 168 Å². The highest BCUT2D eigenvalue weighted by molar-refractivity contribution is 4.84. The number of aryl methyl sites for hydroxylation is 2. The van der Waals surface area contributed by atoms with Crippen LogP contribution in [0.5, 0.6) is 0 Å². The third-order valence-corrected chi connectivity index (χ3v) is 8.85. The molecular weight excluding hydrogens is 472 g/mol. The highest BCUT2D eigenvalue weighted by atomic mass is 15.1. The summed E-state index contributed by atoms with van der Waals surface area (Å²) in [4.78, 5) is 0. The van der Waals surface area contributed by atoms with E-state index in [0.29, 0.717) is 0 Å². The minimum atomic E-state index is 1.23. The van der Waals surface area contributed by atoms with E-state index in [2.05, 4.69) is 42.3 Å². The van der Waals surface area contributed by atoms with Gasteiger partial charge in [0, 0.05) is 6.42 Å². The monoisotopic (exact) mass is 546 g/mol. The first-order valence-corrected chi connectivity index (χ1v) is 18.4. The van der Waals surface area contributed by atoms with Crippen LogP contribution in [0.15, 0.2) is 12.4 Å². The molecule has 0 bridgehead atoms. The van der Waals surface area contributed by atoms with Gasteiger partial charge in [-0.15, -0.1) is 0 Å². The minimum absolute atomic E-state index is 1.23. The van der Waals surface area contributed by atoms with Gasteiger partial charge in [-0.2, -0.15) is 0 Å². The van der Waals surface area contributed by atoms with Gasteiger partial charge in [-0.3, -0.25) is 0 Å². The second-order valence-electron chi connectivity index (χ2n) is 12.7. The Labute approximate surface area is 247 Å². The third-order valence-electron chi connectivity index (χ3n) is 8.85. The highest BCUT2D eigenvalue weighted by Gasteiger charge is 2.16. The first-order valence-electron chi connectivity index (χ1n) is 18.4. The fourth-order valence-corrected chi connectivity index (χ4v) is 6.15. The van der Waals surface area contributed by atoms with Crippen LogP contribution >= 0.6 is 0 Å². The Morgan fingerprint density at radius 3 is 1.23 bits per heavy atom. The van der Waals surface area contributed by atoms with Gasteiger partial charge in [0.1, 0.15) is 12.4 Å². The summed E-state index contributed by atoms with van der Waals surface area (Å²) in [5.41, 5.74) is 0. The molecule has 0 amide bonds. The van der Waals surface area contributed by atoms with Crippen molar-refractivity contribution in [2.45, 2.75) is 220 Å². The third kappa shape index (κ3) is 21.6. The Bertz CT molecular complexity index is 605. The van der Waals surface area contributed by atoms with Crippen molar-refractivity contribution in [2.75, 3.05) is 0 Å². The molecule has 0 saturated carbocycles. The van der Waals surface area contributed by atoms with Gasteiger partial charge >= 0.3 is 0 Å². The normalized spacial score (nSPS) is 11.6. The second-order valence-corrected chi connectivity index (χ2v) is 12.7. The van der Waals surface area contributed by atoms with E-state index in [4.69, 9.17) is 0 Å². The molecule has 0 radical (unpaired) electrons. The molecule has 0 fully saturated rings. The van der Waals surface area contributed by atoms with Crippen LogP contribution in [-0.2, 0) is 19.5 Å². The van der Waals surface area contributed by atoms with Crippen LogP contribution in [-0.4, -0.2) is 4.57 Å². The Balaban J connectivity index is 2.25. The molecule has 2 heteroatoms. The number of hydrogen-bond acceptors (Lipinski definition) is 0. The van der Waals surface area contributed by atoms with E-state index >= 15 is 0 Å². The molecule has 1 heterocycles. The standard InChI is InChI=1S/C37H73N2/c1-4-7-10-13-16-18-19-20-21-22-23-25-28-31-34-39-36-35-38(33-30-27-15-12-9-6-3)37(39)32-29-26-24-17-14-11-8-5-2/h35-36H,4-34H2,1-3H3/q+1. The van der Waals surface area contributed by atoms with Crippen molar-refractivity contribution < 1.29 is 4.57 Å². The molecule has 0 spiro atoms. The van der Waals surface area contributed by atoms with Crippen molar-refractivity contribution in [3.63, 3.8) is 0 Å². The van der Waals surface area contributed by atoms with Gasteiger partial charge < -0.3 is 0 Å². The lowest BCUT2D eigenvalue weighted by molar-refractivity contribution is -0.704. The molecule has 0 unspecified atom stereocenters. The maximum absolute atomic E-state index is 2.62. The summed E-state index contributed by atoms with van der Waals surface area (Å²) >= 11 is 0. The summed E-state index contributed by atoms with van der Waals surface area (Å²) in [5.74, 6) is 1.62. The molecule has 0 aliphatic carbocycles. The minimum Gasteiger partial charge on any atom is -0.234 e. The van der Waals surface area contributed by atoms with Gasteiger partial charge in [0.2, 0.25) is 0 Å². The van der Waals surface area contributed by atoms with Crippen LogP contribution in [0.3, 0.4) is 0 Å². The van der Waals surface area contributed by atoms with Gasteiger partial charge in [-0.05, 0) is 32.1 Å². The van der Waals surface area contributed by atoms with E-state index < -0.39 is 0 Å². The van der Waals surface area contributed by atoms with Crippen LogP contribution in [0.1, 0.15) is 206 Å². The molecule has 0 aliphatic rings. The van der Waals surface area contributed by atoms with E-state index in [1.54, 1.807) is 5.82 Å². The molecule has 39 heavy (non-hydrogen) atoms. The summed E-state index contributed by atoms with van der Waals surface area (Å²) in [5, 5.41) is 0. The van der Waals surface area contributed by atoms with Crippen LogP contribution < -0.4 is 4.57 Å². The topological polar surface area (TPSA) is 8.81 Å². The van der Waals surface area contributed by atoms with E-state index in [1.165, 1.54) is 199 Å². The van der Waals surface area contributed by atoms with E-state index in [9.17, 15) is 0 Å². The Kier molecular flexibility index (Phi) is 26.7. The van der Waals surface area contributed by atoms with Crippen LogP contribution in [0.25, 0.3) is 0 Å². The van der Waals surface area contributed by atoms with Crippen molar-refractivity contribution >= 4 is 0 Å². The number of rotatable bonds is 31. The van der Waals surface area contributed by atoms with Crippen molar-refractivity contribution in [1.29, 1.82) is 0 Å². The zero-order valence-electron chi connectivity index (χ0n) is 27.5. The molecule has 1 rings (SSSR count). The van der Waals surface area contributed by atoms with Gasteiger partial charge in [0.25, 0.3) is 5.82 Å². The molecular formula is C37H73N2+. The van der Waals surface area contributed by atoms with Gasteiger partial charge in [-0.25, -0.2) is 9.13 Å². The van der Waals surface area contributed by atoms with Crippen molar-refractivity contribution in [2.24, 2.45) is 0 Å². The van der Waals surface area contributed by atoms with Crippen LogP contribution in [0, 0.1) is 0 Å². The van der Waals surface area contributed by atoms with Crippen molar-refractivity contribution in [3.05, 3.63) is 18.2 Å². The predicted octanol–water partition coefficient (Wildman–Crippen LogP) is 12.3. The molecule has 0 N–H and O–H groups in total. The SMILES string of the molecule is CCCCCCCCCCCCCCCCn1cc[n+](CCCCCCCC)c1CCCCCCCCCC. The molecule has 0 atom stereocenters. The van der Waals surface area contributed by atoms with Crippen molar-refractivity contribution in [3.8, 4) is 0 Å². The number of imidazole rings is 1. The molecule has 1 aromatic rings. The van der Waals surface area contributed by atoms with E-state index in [1.807, 2.05) is 0 Å². The Hall–Kier alpha value is -0.790. The predicted molar refractivity (Wildman–Crippen MR) is 175 cm³/mol. The molecule has 1 aromatic heterocycles. The number of nitrogens with zero attached hydrogens (tertiary/aromatic N) is 2. The van der Waals surface area contributed by atoms with Gasteiger partial charge in [0.05, 0.1) is 13.1 Å². The number of aromatic nitrogens is 2. The molecule has 0 aromatic carbocycles. The number of hydrogen-bond donors (Lipinski definition) is 0. The molecule has 230 valence electrons. The molecule has 2 nitrogen and oxygen atoms in total.